The van der Waals surface area contributed by atoms with Gasteiger partial charge in [0, 0.05) is 12.6 Å². The summed E-state index contributed by atoms with van der Waals surface area (Å²) in [5.74, 6) is 0. The standard InChI is InChI=1S/C17H28N2/c1-3-5-15-7-9-16(10-8-15)14-19(2)13-11-17-6-4-12-18-17/h7-10,17-18H,3-6,11-14H2,1-2H3. The predicted octanol–water partition coefficient (Wildman–Crippen LogP) is 3.21. The molecule has 1 aliphatic heterocycles. The minimum absolute atomic E-state index is 0.759. The van der Waals surface area contributed by atoms with Crippen molar-refractivity contribution < 1.29 is 0 Å². The Bertz CT molecular complexity index is 352. The second-order valence-electron chi connectivity index (χ2n) is 5.89. The summed E-state index contributed by atoms with van der Waals surface area (Å²) >= 11 is 0. The van der Waals surface area contributed by atoms with Gasteiger partial charge in [0.05, 0.1) is 0 Å². The highest BCUT2D eigenvalue weighted by Gasteiger charge is 2.14. The zero-order chi connectivity index (χ0) is 13.5. The maximum Gasteiger partial charge on any atom is 0.0230 e. The highest BCUT2D eigenvalue weighted by atomic mass is 15.1. The molecule has 1 N–H and O–H groups in total. The summed E-state index contributed by atoms with van der Waals surface area (Å²) in [6.45, 7) is 5.71. The molecule has 19 heavy (non-hydrogen) atoms. The number of benzene rings is 1. The Kier molecular flexibility index (Phi) is 5.87. The van der Waals surface area contributed by atoms with Gasteiger partial charge >= 0.3 is 0 Å². The third kappa shape index (κ3) is 4.96. The molecule has 2 rings (SSSR count). The predicted molar refractivity (Wildman–Crippen MR) is 82.4 cm³/mol. The highest BCUT2D eigenvalue weighted by molar-refractivity contribution is 5.22. The van der Waals surface area contributed by atoms with Gasteiger partial charge in [0.25, 0.3) is 0 Å². The molecule has 0 spiro atoms. The van der Waals surface area contributed by atoms with Gasteiger partial charge < -0.3 is 10.2 Å². The van der Waals surface area contributed by atoms with E-state index in [2.05, 4.69) is 48.5 Å². The Morgan fingerprint density at radius 1 is 1.21 bits per heavy atom. The lowest BCUT2D eigenvalue weighted by atomic mass is 10.1. The molecular weight excluding hydrogens is 232 g/mol. The van der Waals surface area contributed by atoms with Crippen LogP contribution in [0.15, 0.2) is 24.3 Å². The summed E-state index contributed by atoms with van der Waals surface area (Å²) in [6, 6.07) is 9.90. The Balaban J connectivity index is 1.72. The first-order valence-corrected chi connectivity index (χ1v) is 7.77. The van der Waals surface area contributed by atoms with Crippen LogP contribution in [0.5, 0.6) is 0 Å². The molecular formula is C17H28N2. The summed E-state index contributed by atoms with van der Waals surface area (Å²) in [5, 5.41) is 3.57. The maximum absolute atomic E-state index is 3.57. The van der Waals surface area contributed by atoms with Gasteiger partial charge in [-0.05, 0) is 56.9 Å². The van der Waals surface area contributed by atoms with Crippen molar-refractivity contribution in [1.29, 1.82) is 0 Å². The van der Waals surface area contributed by atoms with Crippen LogP contribution in [0.3, 0.4) is 0 Å². The van der Waals surface area contributed by atoms with Crippen molar-refractivity contribution in [1.82, 2.24) is 10.2 Å². The summed E-state index contributed by atoms with van der Waals surface area (Å²) in [7, 11) is 2.23. The lowest BCUT2D eigenvalue weighted by Crippen LogP contribution is -2.28. The van der Waals surface area contributed by atoms with Crippen LogP contribution < -0.4 is 5.32 Å². The third-order valence-electron chi connectivity index (χ3n) is 4.04. The van der Waals surface area contributed by atoms with Gasteiger partial charge in [0.15, 0.2) is 0 Å². The third-order valence-corrected chi connectivity index (χ3v) is 4.04. The number of nitrogens with zero attached hydrogens (tertiary/aromatic N) is 1. The van der Waals surface area contributed by atoms with E-state index in [1.165, 1.54) is 56.3 Å². The van der Waals surface area contributed by atoms with E-state index in [0.717, 1.165) is 12.6 Å². The van der Waals surface area contributed by atoms with E-state index in [9.17, 15) is 0 Å². The first kappa shape index (κ1) is 14.5. The van der Waals surface area contributed by atoms with Crippen molar-refractivity contribution in [2.45, 2.75) is 51.6 Å². The monoisotopic (exact) mass is 260 g/mol. The van der Waals surface area contributed by atoms with Gasteiger partial charge in [0.1, 0.15) is 0 Å². The number of hydrogen-bond acceptors (Lipinski definition) is 2. The van der Waals surface area contributed by atoms with Crippen LogP contribution in [0, 0.1) is 0 Å². The van der Waals surface area contributed by atoms with Crippen molar-refractivity contribution in [2.24, 2.45) is 0 Å². The fourth-order valence-electron chi connectivity index (χ4n) is 2.87. The molecule has 1 fully saturated rings. The zero-order valence-corrected chi connectivity index (χ0v) is 12.5. The van der Waals surface area contributed by atoms with Crippen molar-refractivity contribution >= 4 is 0 Å². The molecule has 106 valence electrons. The molecule has 1 unspecified atom stereocenters. The summed E-state index contributed by atoms with van der Waals surface area (Å²) < 4.78 is 0. The Labute approximate surface area is 118 Å². The topological polar surface area (TPSA) is 15.3 Å². The molecule has 1 aromatic rings. The van der Waals surface area contributed by atoms with Gasteiger partial charge in [-0.15, -0.1) is 0 Å². The minimum Gasteiger partial charge on any atom is -0.314 e. The lowest BCUT2D eigenvalue weighted by molar-refractivity contribution is 0.305. The van der Waals surface area contributed by atoms with Crippen LogP contribution in [0.2, 0.25) is 0 Å². The van der Waals surface area contributed by atoms with E-state index in [1.807, 2.05) is 0 Å². The average molecular weight is 260 g/mol. The molecule has 0 radical (unpaired) electrons. The first-order valence-electron chi connectivity index (χ1n) is 7.77. The summed E-state index contributed by atoms with van der Waals surface area (Å²) in [4.78, 5) is 2.44. The van der Waals surface area contributed by atoms with Crippen LogP contribution in [-0.4, -0.2) is 31.1 Å². The molecule has 0 bridgehead atoms. The molecule has 0 saturated carbocycles. The lowest BCUT2D eigenvalue weighted by Gasteiger charge is -2.19. The van der Waals surface area contributed by atoms with Crippen molar-refractivity contribution in [3.8, 4) is 0 Å². The van der Waals surface area contributed by atoms with Crippen LogP contribution >= 0.6 is 0 Å². The van der Waals surface area contributed by atoms with Gasteiger partial charge in [-0.25, -0.2) is 0 Å². The highest BCUT2D eigenvalue weighted by Crippen LogP contribution is 2.11. The Morgan fingerprint density at radius 2 is 1.95 bits per heavy atom. The second kappa shape index (κ2) is 7.66. The molecule has 2 heteroatoms. The van der Waals surface area contributed by atoms with Crippen LogP contribution in [0.1, 0.15) is 43.7 Å². The Morgan fingerprint density at radius 3 is 2.58 bits per heavy atom. The van der Waals surface area contributed by atoms with Crippen LogP contribution in [0.25, 0.3) is 0 Å². The van der Waals surface area contributed by atoms with Gasteiger partial charge in [-0.3, -0.25) is 0 Å². The fraction of sp³-hybridized carbons (Fsp3) is 0.647. The quantitative estimate of drug-likeness (QED) is 0.810. The smallest absolute Gasteiger partial charge is 0.0230 e. The molecule has 1 heterocycles. The summed E-state index contributed by atoms with van der Waals surface area (Å²) in [5.41, 5.74) is 2.89. The first-order chi connectivity index (χ1) is 9.28. The number of rotatable bonds is 7. The Hall–Kier alpha value is -0.860. The normalized spacial score (nSPS) is 19.2. The molecule has 0 amide bonds. The van der Waals surface area contributed by atoms with Crippen molar-refractivity contribution in [2.75, 3.05) is 20.1 Å². The van der Waals surface area contributed by atoms with E-state index in [4.69, 9.17) is 0 Å². The van der Waals surface area contributed by atoms with Crippen LogP contribution in [-0.2, 0) is 13.0 Å². The van der Waals surface area contributed by atoms with E-state index in [1.54, 1.807) is 0 Å². The van der Waals surface area contributed by atoms with Crippen molar-refractivity contribution in [3.63, 3.8) is 0 Å². The molecule has 1 atom stereocenters. The largest absolute Gasteiger partial charge is 0.314 e. The number of hydrogen-bond donors (Lipinski definition) is 1. The van der Waals surface area contributed by atoms with Gasteiger partial charge in [-0.2, -0.15) is 0 Å². The van der Waals surface area contributed by atoms with Gasteiger partial charge in [0.2, 0.25) is 0 Å². The van der Waals surface area contributed by atoms with E-state index in [-0.39, 0.29) is 0 Å². The second-order valence-corrected chi connectivity index (χ2v) is 5.89. The van der Waals surface area contributed by atoms with Gasteiger partial charge in [-0.1, -0.05) is 37.6 Å². The number of nitrogens with one attached hydrogen (secondary N) is 1. The summed E-state index contributed by atoms with van der Waals surface area (Å²) in [6.07, 6.45) is 6.42. The molecule has 1 saturated heterocycles. The zero-order valence-electron chi connectivity index (χ0n) is 12.5. The van der Waals surface area contributed by atoms with Crippen molar-refractivity contribution in [3.05, 3.63) is 35.4 Å². The van der Waals surface area contributed by atoms with E-state index in [0.29, 0.717) is 0 Å². The molecule has 2 nitrogen and oxygen atoms in total. The average Bonchev–Trinajstić information content (AvgIpc) is 2.92. The number of aryl methyl sites for hydroxylation is 1. The van der Waals surface area contributed by atoms with E-state index >= 15 is 0 Å². The fourth-order valence-corrected chi connectivity index (χ4v) is 2.87. The van der Waals surface area contributed by atoms with Crippen LogP contribution in [0.4, 0.5) is 0 Å². The molecule has 0 aromatic heterocycles. The molecule has 1 aliphatic rings. The maximum atomic E-state index is 3.57. The SMILES string of the molecule is CCCc1ccc(CN(C)CCC2CCCN2)cc1. The molecule has 0 aliphatic carbocycles. The molecule has 1 aromatic carbocycles. The van der Waals surface area contributed by atoms with E-state index < -0.39 is 0 Å². The minimum atomic E-state index is 0.759.